The van der Waals surface area contributed by atoms with Gasteiger partial charge in [0.2, 0.25) is 0 Å². The second kappa shape index (κ2) is 11.0. The fourth-order valence-electron chi connectivity index (χ4n) is 9.05. The van der Waals surface area contributed by atoms with Crippen LogP contribution in [-0.4, -0.2) is 0 Å². The third-order valence-electron chi connectivity index (χ3n) is 11.7. The number of fused-ring (bicyclic) bond motifs is 7. The highest BCUT2D eigenvalue weighted by molar-refractivity contribution is 5.96. The van der Waals surface area contributed by atoms with Crippen LogP contribution in [0.2, 0.25) is 0 Å². The number of hydrogen-bond donors (Lipinski definition) is 0. The number of para-hydroxylation sites is 3. The minimum Gasteiger partial charge on any atom is -0.453 e. The van der Waals surface area contributed by atoms with Crippen molar-refractivity contribution in [2.75, 3.05) is 9.80 Å². The van der Waals surface area contributed by atoms with Gasteiger partial charge in [-0.05, 0) is 118 Å². The Bertz CT molecular complexity index is 2580. The van der Waals surface area contributed by atoms with Crippen molar-refractivity contribution in [2.45, 2.75) is 45.4 Å². The maximum atomic E-state index is 6.83. The van der Waals surface area contributed by atoms with Crippen LogP contribution >= 0.6 is 0 Å². The molecule has 0 amide bonds. The molecule has 3 nitrogen and oxygen atoms in total. The summed E-state index contributed by atoms with van der Waals surface area (Å²) in [7, 11) is 0. The number of ether oxygens (including phenoxy) is 1. The molecule has 2 heterocycles. The Kier molecular flexibility index (Phi) is 6.48. The third kappa shape index (κ3) is 4.32. The van der Waals surface area contributed by atoms with Crippen LogP contribution < -0.4 is 14.5 Å². The lowest BCUT2D eigenvalue weighted by molar-refractivity contribution is 0.471. The van der Waals surface area contributed by atoms with Gasteiger partial charge < -0.3 is 14.5 Å². The van der Waals surface area contributed by atoms with Crippen molar-refractivity contribution in [3.8, 4) is 33.8 Å². The van der Waals surface area contributed by atoms with E-state index in [1.165, 1.54) is 44.6 Å². The highest BCUT2D eigenvalue weighted by Crippen LogP contribution is 2.61. The normalized spacial score (nSPS) is 15.1. The van der Waals surface area contributed by atoms with E-state index in [1.807, 2.05) is 0 Å². The third-order valence-corrected chi connectivity index (χ3v) is 11.7. The molecule has 0 unspecified atom stereocenters. The van der Waals surface area contributed by atoms with Gasteiger partial charge in [-0.15, -0.1) is 0 Å². The second-order valence-corrected chi connectivity index (χ2v) is 15.5. The molecule has 3 heteroatoms. The lowest BCUT2D eigenvalue weighted by Crippen LogP contribution is -2.32. The van der Waals surface area contributed by atoms with Crippen LogP contribution in [-0.2, 0) is 10.8 Å². The van der Waals surface area contributed by atoms with Crippen LogP contribution in [0.1, 0.15) is 55.5 Å². The van der Waals surface area contributed by atoms with E-state index in [2.05, 4.69) is 196 Å². The van der Waals surface area contributed by atoms with Crippen molar-refractivity contribution in [1.82, 2.24) is 0 Å². The van der Waals surface area contributed by atoms with E-state index in [-0.39, 0.29) is 10.8 Å². The lowest BCUT2D eigenvalue weighted by Gasteiger charge is -2.45. The van der Waals surface area contributed by atoms with Gasteiger partial charge in [-0.3, -0.25) is 0 Å². The molecule has 0 saturated heterocycles. The van der Waals surface area contributed by atoms with E-state index in [9.17, 15) is 0 Å². The Labute approximate surface area is 306 Å². The Balaban J connectivity index is 1.14. The minimum absolute atomic E-state index is 0.0902. The Morgan fingerprint density at radius 1 is 0.462 bits per heavy atom. The van der Waals surface area contributed by atoms with E-state index in [1.54, 1.807) is 0 Å². The summed E-state index contributed by atoms with van der Waals surface area (Å²) < 4.78 is 6.83. The zero-order chi connectivity index (χ0) is 35.4. The van der Waals surface area contributed by atoms with E-state index in [0.29, 0.717) is 0 Å². The zero-order valence-corrected chi connectivity index (χ0v) is 30.2. The topological polar surface area (TPSA) is 15.7 Å². The lowest BCUT2D eigenvalue weighted by atomic mass is 9.72. The van der Waals surface area contributed by atoms with Crippen LogP contribution in [0.25, 0.3) is 22.3 Å². The number of rotatable bonds is 4. The number of aryl methyl sites for hydroxylation is 1. The number of hydrogen-bond acceptors (Lipinski definition) is 3. The van der Waals surface area contributed by atoms with Gasteiger partial charge in [0.05, 0.1) is 17.1 Å². The van der Waals surface area contributed by atoms with Gasteiger partial charge >= 0.3 is 0 Å². The molecule has 0 fully saturated rings. The van der Waals surface area contributed by atoms with Crippen molar-refractivity contribution >= 4 is 34.1 Å². The highest BCUT2D eigenvalue weighted by Gasteiger charge is 2.42. The first kappa shape index (κ1) is 30.7. The highest BCUT2D eigenvalue weighted by atomic mass is 16.5. The van der Waals surface area contributed by atoms with Gasteiger partial charge in [-0.1, -0.05) is 119 Å². The fourth-order valence-corrected chi connectivity index (χ4v) is 9.05. The van der Waals surface area contributed by atoms with Crippen molar-refractivity contribution in [1.29, 1.82) is 0 Å². The first-order valence-corrected chi connectivity index (χ1v) is 18.3. The molecule has 252 valence electrons. The summed E-state index contributed by atoms with van der Waals surface area (Å²) in [6, 6.07) is 55.4. The average molecular weight is 673 g/mol. The standard InChI is InChI=1S/C49H40N2O/c1-31-15-13-24-44-46(31)51-43-23-12-11-22-40(43)49(4,5)42-28-33(29-45(52-44)47(42)51)32-16-14-19-35(27-32)50(34-17-7-6-8-18-34)36-25-26-38-37-20-9-10-21-39(37)48(2,3)41(38)30-36/h6-30H,1-5H3. The molecule has 0 spiro atoms. The molecule has 7 aromatic rings. The summed E-state index contributed by atoms with van der Waals surface area (Å²) in [5.41, 5.74) is 18.0. The summed E-state index contributed by atoms with van der Waals surface area (Å²) >= 11 is 0. The Morgan fingerprint density at radius 3 is 1.98 bits per heavy atom. The molecule has 2 aliphatic heterocycles. The number of benzene rings is 7. The summed E-state index contributed by atoms with van der Waals surface area (Å²) in [6.07, 6.45) is 0. The molecule has 0 N–H and O–H groups in total. The average Bonchev–Trinajstić information content (AvgIpc) is 3.39. The molecule has 0 saturated carbocycles. The molecule has 7 aromatic carbocycles. The van der Waals surface area contributed by atoms with E-state index in [4.69, 9.17) is 4.74 Å². The van der Waals surface area contributed by atoms with Gasteiger partial charge in [0.1, 0.15) is 0 Å². The summed E-state index contributed by atoms with van der Waals surface area (Å²) in [5, 5.41) is 0. The van der Waals surface area contributed by atoms with Gasteiger partial charge in [0.15, 0.2) is 11.5 Å². The zero-order valence-electron chi connectivity index (χ0n) is 30.2. The molecule has 0 bridgehead atoms. The largest absolute Gasteiger partial charge is 0.453 e. The van der Waals surface area contributed by atoms with Crippen LogP contribution in [0.5, 0.6) is 11.5 Å². The van der Waals surface area contributed by atoms with Crippen molar-refractivity contribution in [2.24, 2.45) is 0 Å². The van der Waals surface area contributed by atoms with Crippen LogP contribution in [0.3, 0.4) is 0 Å². The molecule has 52 heavy (non-hydrogen) atoms. The molecule has 0 aromatic heterocycles. The first-order chi connectivity index (χ1) is 25.2. The molecule has 0 radical (unpaired) electrons. The Hall–Kier alpha value is -6.06. The fraction of sp³-hybridized carbons (Fsp3) is 0.143. The summed E-state index contributed by atoms with van der Waals surface area (Å²) in [6.45, 7) is 11.6. The van der Waals surface area contributed by atoms with Crippen molar-refractivity contribution in [3.05, 3.63) is 179 Å². The van der Waals surface area contributed by atoms with E-state index in [0.717, 1.165) is 51.1 Å². The Morgan fingerprint density at radius 2 is 1.13 bits per heavy atom. The molecule has 10 rings (SSSR count). The SMILES string of the molecule is Cc1cccc2c1N1c3ccccc3C(C)(C)c3cc(-c4cccc(N(c5ccccc5)c5ccc6c(c5)C(C)(C)c5ccccc5-6)c4)cc(c31)O2. The van der Waals surface area contributed by atoms with Crippen LogP contribution in [0, 0.1) is 6.92 Å². The molecule has 3 aliphatic rings. The number of nitrogens with zero attached hydrogens (tertiary/aromatic N) is 2. The molecular formula is C49H40N2O. The van der Waals surface area contributed by atoms with Gasteiger partial charge in [0, 0.05) is 27.9 Å². The monoisotopic (exact) mass is 672 g/mol. The smallest absolute Gasteiger partial charge is 0.152 e. The quantitative estimate of drug-likeness (QED) is 0.185. The van der Waals surface area contributed by atoms with E-state index >= 15 is 0 Å². The number of anilines is 6. The maximum Gasteiger partial charge on any atom is 0.152 e. The predicted octanol–water partition coefficient (Wildman–Crippen LogP) is 13.7. The summed E-state index contributed by atoms with van der Waals surface area (Å²) in [5.74, 6) is 1.77. The van der Waals surface area contributed by atoms with Crippen LogP contribution in [0.15, 0.2) is 152 Å². The second-order valence-electron chi connectivity index (χ2n) is 15.5. The van der Waals surface area contributed by atoms with Crippen molar-refractivity contribution in [3.63, 3.8) is 0 Å². The van der Waals surface area contributed by atoms with Crippen molar-refractivity contribution < 1.29 is 4.74 Å². The molecular weight excluding hydrogens is 633 g/mol. The van der Waals surface area contributed by atoms with Crippen LogP contribution in [0.4, 0.5) is 34.1 Å². The predicted molar refractivity (Wildman–Crippen MR) is 216 cm³/mol. The van der Waals surface area contributed by atoms with Gasteiger partial charge in [-0.2, -0.15) is 0 Å². The molecule has 1 aliphatic carbocycles. The molecule has 0 atom stereocenters. The maximum absolute atomic E-state index is 6.83. The minimum atomic E-state index is -0.237. The first-order valence-electron chi connectivity index (χ1n) is 18.3. The van der Waals surface area contributed by atoms with Gasteiger partial charge in [0.25, 0.3) is 0 Å². The summed E-state index contributed by atoms with van der Waals surface area (Å²) in [4.78, 5) is 4.83. The van der Waals surface area contributed by atoms with E-state index < -0.39 is 0 Å². The van der Waals surface area contributed by atoms with Gasteiger partial charge in [-0.25, -0.2) is 0 Å².